The summed E-state index contributed by atoms with van der Waals surface area (Å²) in [5.74, 6) is -0.0250. The Hall–Kier alpha value is -2.37. The summed E-state index contributed by atoms with van der Waals surface area (Å²) in [4.78, 5) is 35.3. The van der Waals surface area contributed by atoms with Gasteiger partial charge in [0.15, 0.2) is 18.5 Å². The summed E-state index contributed by atoms with van der Waals surface area (Å²) in [5, 5.41) is 2.98. The third-order valence-electron chi connectivity index (χ3n) is 4.73. The van der Waals surface area contributed by atoms with Crippen LogP contribution in [0.5, 0.6) is 5.75 Å². The maximum atomic E-state index is 12.2. The van der Waals surface area contributed by atoms with Gasteiger partial charge in [-0.1, -0.05) is 19.8 Å². The first-order valence-corrected chi connectivity index (χ1v) is 9.10. The van der Waals surface area contributed by atoms with Crippen LogP contribution in [0.3, 0.4) is 0 Å². The van der Waals surface area contributed by atoms with Gasteiger partial charge < -0.3 is 14.8 Å². The number of amides is 1. The number of esters is 1. The second-order valence-corrected chi connectivity index (χ2v) is 6.88. The molecule has 0 aromatic heterocycles. The first kappa shape index (κ1) is 19.9. The van der Waals surface area contributed by atoms with Crippen molar-refractivity contribution in [2.45, 2.75) is 58.6 Å². The van der Waals surface area contributed by atoms with Gasteiger partial charge >= 0.3 is 5.97 Å². The number of ether oxygens (including phenoxy) is 2. The van der Waals surface area contributed by atoms with Crippen molar-refractivity contribution >= 4 is 17.7 Å². The highest BCUT2D eigenvalue weighted by Gasteiger charge is 2.26. The fourth-order valence-corrected chi connectivity index (χ4v) is 3.04. The quantitative estimate of drug-likeness (QED) is 0.596. The average Bonchev–Trinajstić information content (AvgIpc) is 2.62. The molecule has 1 aromatic rings. The van der Waals surface area contributed by atoms with Crippen LogP contribution in [-0.4, -0.2) is 36.4 Å². The number of rotatable bonds is 7. The van der Waals surface area contributed by atoms with E-state index < -0.39 is 12.1 Å². The number of carbonyl (C=O) groups is 3. The molecule has 0 spiro atoms. The normalized spacial score (nSPS) is 20.7. The van der Waals surface area contributed by atoms with Crippen LogP contribution in [0.15, 0.2) is 24.3 Å². The van der Waals surface area contributed by atoms with E-state index in [1.807, 2.05) is 0 Å². The van der Waals surface area contributed by atoms with Crippen LogP contribution in [-0.2, 0) is 14.3 Å². The molecule has 1 saturated carbocycles. The molecular weight excluding hydrogens is 334 g/mol. The summed E-state index contributed by atoms with van der Waals surface area (Å²) in [7, 11) is 0. The Morgan fingerprint density at radius 1 is 1.15 bits per heavy atom. The van der Waals surface area contributed by atoms with Crippen molar-refractivity contribution in [2.24, 2.45) is 5.92 Å². The summed E-state index contributed by atoms with van der Waals surface area (Å²) in [6.07, 6.45) is 3.52. The van der Waals surface area contributed by atoms with Crippen LogP contribution < -0.4 is 10.1 Å². The summed E-state index contributed by atoms with van der Waals surface area (Å²) < 4.78 is 10.5. The fraction of sp³-hybridized carbons (Fsp3) is 0.550. The van der Waals surface area contributed by atoms with Crippen molar-refractivity contribution in [1.82, 2.24) is 5.32 Å². The molecule has 0 aliphatic heterocycles. The van der Waals surface area contributed by atoms with E-state index in [2.05, 4.69) is 12.2 Å². The lowest BCUT2D eigenvalue weighted by molar-refractivity contribution is -0.157. The zero-order chi connectivity index (χ0) is 19.1. The molecule has 0 heterocycles. The lowest BCUT2D eigenvalue weighted by Gasteiger charge is -2.30. The van der Waals surface area contributed by atoms with Gasteiger partial charge in [-0.2, -0.15) is 0 Å². The second-order valence-electron chi connectivity index (χ2n) is 6.88. The highest BCUT2D eigenvalue weighted by atomic mass is 16.6. The van der Waals surface area contributed by atoms with Gasteiger partial charge in [0.2, 0.25) is 0 Å². The van der Waals surface area contributed by atoms with Crippen LogP contribution in [0.1, 0.15) is 56.8 Å². The molecule has 1 N–H and O–H groups in total. The van der Waals surface area contributed by atoms with Crippen molar-refractivity contribution in [2.75, 3.05) is 6.61 Å². The lowest BCUT2D eigenvalue weighted by Crippen LogP contribution is -2.46. The van der Waals surface area contributed by atoms with Crippen molar-refractivity contribution in [1.29, 1.82) is 0 Å². The Morgan fingerprint density at radius 3 is 2.42 bits per heavy atom. The van der Waals surface area contributed by atoms with E-state index in [0.717, 1.165) is 19.3 Å². The van der Waals surface area contributed by atoms with Crippen LogP contribution in [0.25, 0.3) is 0 Å². The fourth-order valence-electron chi connectivity index (χ4n) is 3.04. The standard InChI is InChI=1S/C20H27NO5/c1-13-6-4-5-7-18(13)21-20(24)15(3)26-19(23)12-25-17-10-8-16(9-11-17)14(2)22/h8-11,13,15,18H,4-7,12H2,1-3H3,(H,21,24)/t13-,15+,18-/m0/s1. The van der Waals surface area contributed by atoms with Gasteiger partial charge in [-0.15, -0.1) is 0 Å². The number of carbonyl (C=O) groups excluding carboxylic acids is 3. The molecule has 26 heavy (non-hydrogen) atoms. The van der Waals surface area contributed by atoms with Gasteiger partial charge in [-0.25, -0.2) is 4.79 Å². The Kier molecular flexibility index (Phi) is 7.18. The van der Waals surface area contributed by atoms with Crippen LogP contribution in [0.4, 0.5) is 0 Å². The minimum atomic E-state index is -0.861. The molecular formula is C20H27NO5. The molecule has 6 nitrogen and oxygen atoms in total. The molecule has 1 aliphatic carbocycles. The Bertz CT molecular complexity index is 640. The minimum absolute atomic E-state index is 0.0388. The Labute approximate surface area is 154 Å². The van der Waals surface area contributed by atoms with E-state index in [1.54, 1.807) is 31.2 Å². The topological polar surface area (TPSA) is 81.7 Å². The monoisotopic (exact) mass is 361 g/mol. The SMILES string of the molecule is CC(=O)c1ccc(OCC(=O)O[C@H](C)C(=O)N[C@H]2CCCC[C@@H]2C)cc1. The molecule has 1 amide bonds. The van der Waals surface area contributed by atoms with E-state index in [1.165, 1.54) is 13.3 Å². The largest absolute Gasteiger partial charge is 0.482 e. The van der Waals surface area contributed by atoms with Crippen molar-refractivity contribution in [3.63, 3.8) is 0 Å². The smallest absolute Gasteiger partial charge is 0.344 e. The number of nitrogens with one attached hydrogen (secondary N) is 1. The van der Waals surface area contributed by atoms with Crippen molar-refractivity contribution in [3.05, 3.63) is 29.8 Å². The van der Waals surface area contributed by atoms with E-state index in [9.17, 15) is 14.4 Å². The third-order valence-corrected chi connectivity index (χ3v) is 4.73. The Morgan fingerprint density at radius 2 is 1.81 bits per heavy atom. The number of ketones is 1. The van der Waals surface area contributed by atoms with Gasteiger partial charge in [0.05, 0.1) is 0 Å². The molecule has 2 rings (SSSR count). The van der Waals surface area contributed by atoms with Crippen molar-refractivity contribution in [3.8, 4) is 5.75 Å². The first-order valence-electron chi connectivity index (χ1n) is 9.10. The van der Waals surface area contributed by atoms with Gasteiger partial charge in [0.25, 0.3) is 5.91 Å². The molecule has 0 saturated heterocycles. The lowest BCUT2D eigenvalue weighted by atomic mass is 9.86. The molecule has 0 radical (unpaired) electrons. The predicted octanol–water partition coefficient (Wildman–Crippen LogP) is 2.89. The van der Waals surface area contributed by atoms with Gasteiger partial charge in [-0.05, 0) is 56.9 Å². The number of hydrogen-bond donors (Lipinski definition) is 1. The minimum Gasteiger partial charge on any atom is -0.482 e. The van der Waals surface area contributed by atoms with Gasteiger partial charge in [0.1, 0.15) is 5.75 Å². The third kappa shape index (κ3) is 5.86. The van der Waals surface area contributed by atoms with Crippen LogP contribution >= 0.6 is 0 Å². The Balaban J connectivity index is 1.75. The second kappa shape index (κ2) is 9.36. The number of Topliss-reactive ketones (excluding diaryl/α,β-unsaturated/α-hetero) is 1. The van der Waals surface area contributed by atoms with Gasteiger partial charge in [-0.3, -0.25) is 9.59 Å². The predicted molar refractivity (Wildman–Crippen MR) is 97.1 cm³/mol. The zero-order valence-corrected chi connectivity index (χ0v) is 15.6. The van der Waals surface area contributed by atoms with Crippen LogP contribution in [0, 0.1) is 5.92 Å². The molecule has 0 bridgehead atoms. The van der Waals surface area contributed by atoms with Gasteiger partial charge in [0, 0.05) is 11.6 Å². The molecule has 142 valence electrons. The van der Waals surface area contributed by atoms with Crippen molar-refractivity contribution < 1.29 is 23.9 Å². The molecule has 1 aliphatic rings. The van der Waals surface area contributed by atoms with E-state index >= 15 is 0 Å². The first-order chi connectivity index (χ1) is 12.4. The maximum absolute atomic E-state index is 12.2. The number of hydrogen-bond acceptors (Lipinski definition) is 5. The summed E-state index contributed by atoms with van der Waals surface area (Å²) >= 11 is 0. The molecule has 1 aromatic carbocycles. The highest BCUT2D eigenvalue weighted by Crippen LogP contribution is 2.23. The summed E-state index contributed by atoms with van der Waals surface area (Å²) in [5.41, 5.74) is 0.571. The molecule has 1 fully saturated rings. The van der Waals surface area contributed by atoms with E-state index in [4.69, 9.17) is 9.47 Å². The summed E-state index contributed by atoms with van der Waals surface area (Å²) in [6, 6.07) is 6.64. The highest BCUT2D eigenvalue weighted by molar-refractivity contribution is 5.94. The summed E-state index contributed by atoms with van der Waals surface area (Å²) in [6.45, 7) is 4.87. The van der Waals surface area contributed by atoms with Crippen LogP contribution in [0.2, 0.25) is 0 Å². The average molecular weight is 361 g/mol. The molecule has 0 unspecified atom stereocenters. The maximum Gasteiger partial charge on any atom is 0.344 e. The zero-order valence-electron chi connectivity index (χ0n) is 15.6. The molecule has 6 heteroatoms. The van der Waals surface area contributed by atoms with E-state index in [0.29, 0.717) is 17.2 Å². The number of benzene rings is 1. The molecule has 3 atom stereocenters. The van der Waals surface area contributed by atoms with E-state index in [-0.39, 0.29) is 24.3 Å².